The number of hydrogen-bond donors (Lipinski definition) is 1. The lowest BCUT2D eigenvalue weighted by molar-refractivity contribution is -0.139. The van der Waals surface area contributed by atoms with Crippen molar-refractivity contribution in [3.8, 4) is 0 Å². The zero-order chi connectivity index (χ0) is 22.1. The normalized spacial score (nSPS) is 15.2. The molecule has 3 amide bonds. The van der Waals surface area contributed by atoms with Gasteiger partial charge in [0.15, 0.2) is 6.73 Å². The maximum Gasteiger partial charge on any atom is 0.414 e. The van der Waals surface area contributed by atoms with Gasteiger partial charge in [-0.1, -0.05) is 60.7 Å². The Kier molecular flexibility index (Phi) is 7.58. The number of carbonyl (C=O) groups is 4. The summed E-state index contributed by atoms with van der Waals surface area (Å²) in [5, 5.41) is 2.09. The molecular formula is C22H22N2O7. The van der Waals surface area contributed by atoms with Crippen molar-refractivity contribution in [2.75, 3.05) is 6.73 Å². The number of amides is 3. The van der Waals surface area contributed by atoms with E-state index in [1.807, 2.05) is 24.3 Å². The number of nitrogens with zero attached hydrogens (tertiary/aromatic N) is 1. The second kappa shape index (κ2) is 10.8. The summed E-state index contributed by atoms with van der Waals surface area (Å²) in [4.78, 5) is 49.2. The number of ether oxygens (including phenoxy) is 3. The monoisotopic (exact) mass is 426 g/mol. The van der Waals surface area contributed by atoms with Gasteiger partial charge in [-0.2, -0.15) is 0 Å². The largest absolute Gasteiger partial charge is 0.444 e. The van der Waals surface area contributed by atoms with Crippen LogP contribution in [0.3, 0.4) is 0 Å². The molecule has 1 aliphatic rings. The molecule has 1 fully saturated rings. The highest BCUT2D eigenvalue weighted by Crippen LogP contribution is 2.18. The van der Waals surface area contributed by atoms with Crippen molar-refractivity contribution in [1.29, 1.82) is 0 Å². The minimum Gasteiger partial charge on any atom is -0.444 e. The highest BCUT2D eigenvalue weighted by molar-refractivity contribution is 5.92. The van der Waals surface area contributed by atoms with Crippen molar-refractivity contribution in [3.63, 3.8) is 0 Å². The molecule has 0 aromatic heterocycles. The molecule has 0 unspecified atom stereocenters. The zero-order valence-electron chi connectivity index (χ0n) is 16.7. The Bertz CT molecular complexity index is 918. The number of carbonyl (C=O) groups excluding carboxylic acids is 4. The average Bonchev–Trinajstić information content (AvgIpc) is 3.16. The molecule has 9 heteroatoms. The van der Waals surface area contributed by atoms with Gasteiger partial charge in [0.1, 0.15) is 19.3 Å². The van der Waals surface area contributed by atoms with Crippen molar-refractivity contribution < 1.29 is 33.4 Å². The van der Waals surface area contributed by atoms with Crippen molar-refractivity contribution in [1.82, 2.24) is 10.2 Å². The molecule has 162 valence electrons. The Morgan fingerprint density at radius 3 is 2.13 bits per heavy atom. The lowest BCUT2D eigenvalue weighted by Gasteiger charge is -2.19. The summed E-state index contributed by atoms with van der Waals surface area (Å²) in [5.41, 5.74) is 1.58. The van der Waals surface area contributed by atoms with Crippen LogP contribution in [-0.4, -0.2) is 41.7 Å². The minimum absolute atomic E-state index is 0.0168. The second-order valence-electron chi connectivity index (χ2n) is 6.77. The summed E-state index contributed by atoms with van der Waals surface area (Å²) in [6, 6.07) is 17.1. The molecule has 1 saturated heterocycles. The Balaban J connectivity index is 1.42. The van der Waals surface area contributed by atoms with Crippen LogP contribution in [0.4, 0.5) is 9.59 Å². The first-order valence-electron chi connectivity index (χ1n) is 9.67. The first-order chi connectivity index (χ1) is 15.0. The number of hydrogen-bond acceptors (Lipinski definition) is 7. The quantitative estimate of drug-likeness (QED) is 0.535. The summed E-state index contributed by atoms with van der Waals surface area (Å²) < 4.78 is 15.1. The van der Waals surface area contributed by atoms with Gasteiger partial charge in [0.25, 0.3) is 0 Å². The van der Waals surface area contributed by atoms with Gasteiger partial charge in [-0.25, -0.2) is 14.4 Å². The Morgan fingerprint density at radius 2 is 1.52 bits per heavy atom. The van der Waals surface area contributed by atoms with Crippen LogP contribution in [0, 0.1) is 0 Å². The summed E-state index contributed by atoms with van der Waals surface area (Å²) in [6.07, 6.45) is -1.80. The molecule has 9 nitrogen and oxygen atoms in total. The molecule has 0 saturated carbocycles. The van der Waals surface area contributed by atoms with E-state index in [4.69, 9.17) is 14.2 Å². The molecule has 1 atom stereocenters. The number of cyclic esters (lactones) is 1. The predicted molar refractivity (Wildman–Crippen MR) is 107 cm³/mol. The van der Waals surface area contributed by atoms with Gasteiger partial charge < -0.3 is 14.2 Å². The standard InChI is InChI=1S/C22H22N2O7/c25-19(23-21(27)29-13-16-7-3-1-4-8-16)12-11-18-20(26)31-15-24(18)22(28)30-14-17-9-5-2-6-10-17/h1-10,18H,11-15H2,(H,23,25,27)/t18-/m0/s1. The van der Waals surface area contributed by atoms with E-state index in [9.17, 15) is 19.2 Å². The summed E-state index contributed by atoms with van der Waals surface area (Å²) >= 11 is 0. The van der Waals surface area contributed by atoms with Crippen LogP contribution in [0.1, 0.15) is 24.0 Å². The van der Waals surface area contributed by atoms with Crippen LogP contribution in [0.2, 0.25) is 0 Å². The molecular weight excluding hydrogens is 404 g/mol. The van der Waals surface area contributed by atoms with Crippen LogP contribution in [0.25, 0.3) is 0 Å². The molecule has 1 aliphatic heterocycles. The van der Waals surface area contributed by atoms with Gasteiger partial charge in [-0.05, 0) is 17.5 Å². The highest BCUT2D eigenvalue weighted by Gasteiger charge is 2.38. The number of esters is 1. The Hall–Kier alpha value is -3.88. The van der Waals surface area contributed by atoms with E-state index in [0.29, 0.717) is 0 Å². The molecule has 2 aromatic carbocycles. The fourth-order valence-electron chi connectivity index (χ4n) is 2.91. The van der Waals surface area contributed by atoms with Crippen molar-refractivity contribution >= 4 is 24.1 Å². The fraction of sp³-hybridized carbons (Fsp3) is 0.273. The van der Waals surface area contributed by atoms with Crippen molar-refractivity contribution in [2.45, 2.75) is 32.1 Å². The van der Waals surface area contributed by atoms with E-state index in [0.717, 1.165) is 16.0 Å². The molecule has 0 radical (unpaired) electrons. The minimum atomic E-state index is -0.964. The van der Waals surface area contributed by atoms with Gasteiger partial charge >= 0.3 is 18.2 Å². The SMILES string of the molecule is O=C(CC[C@H]1C(=O)OCN1C(=O)OCc1ccccc1)NC(=O)OCc1ccccc1. The van der Waals surface area contributed by atoms with Crippen molar-refractivity contribution in [3.05, 3.63) is 71.8 Å². The highest BCUT2D eigenvalue weighted by atomic mass is 16.6. The van der Waals surface area contributed by atoms with Gasteiger partial charge in [0, 0.05) is 6.42 Å². The second-order valence-corrected chi connectivity index (χ2v) is 6.77. The lowest BCUT2D eigenvalue weighted by Crippen LogP contribution is -2.40. The first kappa shape index (κ1) is 21.8. The first-order valence-corrected chi connectivity index (χ1v) is 9.67. The average molecular weight is 426 g/mol. The van der Waals surface area contributed by atoms with E-state index >= 15 is 0 Å². The van der Waals surface area contributed by atoms with Crippen LogP contribution in [-0.2, 0) is 37.0 Å². The van der Waals surface area contributed by atoms with Gasteiger partial charge in [-0.15, -0.1) is 0 Å². The molecule has 0 aliphatic carbocycles. The topological polar surface area (TPSA) is 111 Å². The third-order valence-electron chi connectivity index (χ3n) is 4.53. The van der Waals surface area contributed by atoms with Crippen molar-refractivity contribution in [2.24, 2.45) is 0 Å². The smallest absolute Gasteiger partial charge is 0.414 e. The maximum absolute atomic E-state index is 12.3. The number of rotatable bonds is 7. The molecule has 1 N–H and O–H groups in total. The van der Waals surface area contributed by atoms with E-state index in [1.165, 1.54) is 0 Å². The third-order valence-corrected chi connectivity index (χ3v) is 4.53. The fourth-order valence-corrected chi connectivity index (χ4v) is 2.91. The zero-order valence-corrected chi connectivity index (χ0v) is 16.7. The molecule has 0 bridgehead atoms. The van der Waals surface area contributed by atoms with E-state index < -0.39 is 30.1 Å². The van der Waals surface area contributed by atoms with Gasteiger partial charge in [0.05, 0.1) is 0 Å². The molecule has 1 heterocycles. The Labute approximate surface area is 178 Å². The van der Waals surface area contributed by atoms with Crippen LogP contribution in [0.5, 0.6) is 0 Å². The number of imide groups is 1. The summed E-state index contributed by atoms with van der Waals surface area (Å²) in [5.74, 6) is -1.26. The molecule has 2 aromatic rings. The Morgan fingerprint density at radius 1 is 0.935 bits per heavy atom. The predicted octanol–water partition coefficient (Wildman–Crippen LogP) is 2.74. The van der Waals surface area contributed by atoms with E-state index in [-0.39, 0.29) is 32.8 Å². The number of nitrogens with one attached hydrogen (secondary N) is 1. The van der Waals surface area contributed by atoms with Crippen LogP contribution >= 0.6 is 0 Å². The van der Waals surface area contributed by atoms with Gasteiger partial charge in [-0.3, -0.25) is 15.0 Å². The molecule has 31 heavy (non-hydrogen) atoms. The molecule has 3 rings (SSSR count). The molecule has 0 spiro atoms. The summed E-state index contributed by atoms with van der Waals surface area (Å²) in [7, 11) is 0. The maximum atomic E-state index is 12.3. The van der Waals surface area contributed by atoms with E-state index in [1.54, 1.807) is 36.4 Å². The number of alkyl carbamates (subject to hydrolysis) is 1. The number of benzene rings is 2. The van der Waals surface area contributed by atoms with Crippen LogP contribution < -0.4 is 5.32 Å². The summed E-state index contributed by atoms with van der Waals surface area (Å²) in [6.45, 7) is -0.182. The van der Waals surface area contributed by atoms with Crippen LogP contribution in [0.15, 0.2) is 60.7 Å². The van der Waals surface area contributed by atoms with Gasteiger partial charge in [0.2, 0.25) is 5.91 Å². The van der Waals surface area contributed by atoms with E-state index in [2.05, 4.69) is 5.32 Å². The lowest BCUT2D eigenvalue weighted by atomic mass is 10.1. The third kappa shape index (κ3) is 6.56.